The largest absolute Gasteiger partial charge is 0.324 e. The number of benzene rings is 1. The van der Waals surface area contributed by atoms with Crippen LogP contribution in [0.25, 0.3) is 0 Å². The molecule has 0 saturated heterocycles. The molecule has 1 saturated carbocycles. The van der Waals surface area contributed by atoms with E-state index in [1.54, 1.807) is 18.2 Å². The first kappa shape index (κ1) is 13.1. The topological polar surface area (TPSA) is 76.7 Å². The minimum Gasteiger partial charge on any atom is -0.324 e. The van der Waals surface area contributed by atoms with Crippen molar-refractivity contribution in [2.24, 2.45) is 5.41 Å². The second kappa shape index (κ2) is 5.12. The number of anilines is 1. The molecule has 0 spiro atoms. The van der Waals surface area contributed by atoms with Crippen LogP contribution in [0.1, 0.15) is 36.8 Å². The Morgan fingerprint density at radius 1 is 1.32 bits per heavy atom. The van der Waals surface area contributed by atoms with Gasteiger partial charge in [-0.05, 0) is 37.5 Å². The van der Waals surface area contributed by atoms with Crippen molar-refractivity contribution in [3.8, 4) is 12.1 Å². The molecule has 19 heavy (non-hydrogen) atoms. The van der Waals surface area contributed by atoms with Crippen molar-refractivity contribution in [1.82, 2.24) is 0 Å². The number of hydrogen-bond acceptors (Lipinski definition) is 3. The SMILES string of the molecule is Cc1ccc(C#N)cc1NC(=O)C1(C#N)CCCC1. The highest BCUT2D eigenvalue weighted by atomic mass is 16.2. The van der Waals surface area contributed by atoms with Crippen LogP contribution < -0.4 is 5.32 Å². The molecule has 0 radical (unpaired) electrons. The summed E-state index contributed by atoms with van der Waals surface area (Å²) in [5.41, 5.74) is 1.11. The molecule has 0 atom stereocenters. The van der Waals surface area contributed by atoms with Crippen LogP contribution in [0, 0.1) is 35.0 Å². The number of nitrogens with one attached hydrogen (secondary N) is 1. The lowest BCUT2D eigenvalue weighted by atomic mass is 9.87. The summed E-state index contributed by atoms with van der Waals surface area (Å²) >= 11 is 0. The fourth-order valence-corrected chi connectivity index (χ4v) is 2.44. The third-order valence-electron chi connectivity index (χ3n) is 3.72. The van der Waals surface area contributed by atoms with E-state index in [1.165, 1.54) is 0 Å². The van der Waals surface area contributed by atoms with Crippen molar-refractivity contribution < 1.29 is 4.79 Å². The van der Waals surface area contributed by atoms with Crippen LogP contribution in [-0.2, 0) is 4.79 Å². The fraction of sp³-hybridized carbons (Fsp3) is 0.400. The molecular formula is C15H15N3O. The highest BCUT2D eigenvalue weighted by Crippen LogP contribution is 2.38. The van der Waals surface area contributed by atoms with E-state index in [2.05, 4.69) is 11.4 Å². The number of carbonyl (C=O) groups excluding carboxylic acids is 1. The highest BCUT2D eigenvalue weighted by Gasteiger charge is 2.41. The van der Waals surface area contributed by atoms with Crippen LogP contribution in [0.4, 0.5) is 5.69 Å². The first-order valence-corrected chi connectivity index (χ1v) is 6.35. The van der Waals surface area contributed by atoms with E-state index in [-0.39, 0.29) is 5.91 Å². The molecule has 0 aromatic heterocycles. The zero-order valence-electron chi connectivity index (χ0n) is 10.9. The Morgan fingerprint density at radius 3 is 2.58 bits per heavy atom. The number of amides is 1. The number of rotatable bonds is 2. The van der Waals surface area contributed by atoms with Gasteiger partial charge in [0.25, 0.3) is 0 Å². The van der Waals surface area contributed by atoms with Crippen LogP contribution in [0.15, 0.2) is 18.2 Å². The highest BCUT2D eigenvalue weighted by molar-refractivity contribution is 5.98. The summed E-state index contributed by atoms with van der Waals surface area (Å²) in [4.78, 5) is 12.3. The van der Waals surface area contributed by atoms with Gasteiger partial charge >= 0.3 is 0 Å². The van der Waals surface area contributed by atoms with Crippen LogP contribution in [-0.4, -0.2) is 5.91 Å². The number of carbonyl (C=O) groups is 1. The summed E-state index contributed by atoms with van der Waals surface area (Å²) in [6.45, 7) is 1.87. The summed E-state index contributed by atoms with van der Waals surface area (Å²) in [5.74, 6) is -0.245. The molecule has 0 aliphatic heterocycles. The van der Waals surface area contributed by atoms with Crippen molar-refractivity contribution in [2.75, 3.05) is 5.32 Å². The molecule has 2 rings (SSSR count). The summed E-state index contributed by atoms with van der Waals surface area (Å²) < 4.78 is 0. The first-order valence-electron chi connectivity index (χ1n) is 6.35. The van der Waals surface area contributed by atoms with Crippen LogP contribution in [0.2, 0.25) is 0 Å². The van der Waals surface area contributed by atoms with Crippen molar-refractivity contribution in [1.29, 1.82) is 10.5 Å². The van der Waals surface area contributed by atoms with Gasteiger partial charge in [-0.1, -0.05) is 18.9 Å². The number of nitriles is 2. The molecule has 1 amide bonds. The standard InChI is InChI=1S/C15H15N3O/c1-11-4-5-12(9-16)8-13(11)18-14(19)15(10-17)6-2-3-7-15/h4-5,8H,2-3,6-7H2,1H3,(H,18,19). The van der Waals surface area contributed by atoms with E-state index in [1.807, 2.05) is 13.0 Å². The molecule has 4 nitrogen and oxygen atoms in total. The van der Waals surface area contributed by atoms with Gasteiger partial charge in [0, 0.05) is 5.69 Å². The van der Waals surface area contributed by atoms with E-state index in [0.29, 0.717) is 24.1 Å². The Morgan fingerprint density at radius 2 is 2.00 bits per heavy atom. The zero-order chi connectivity index (χ0) is 13.9. The maximum absolute atomic E-state index is 12.3. The molecule has 0 heterocycles. The molecule has 0 unspecified atom stereocenters. The van der Waals surface area contributed by atoms with Crippen molar-refractivity contribution in [3.63, 3.8) is 0 Å². The van der Waals surface area contributed by atoms with Gasteiger partial charge in [-0.25, -0.2) is 0 Å². The van der Waals surface area contributed by atoms with Gasteiger partial charge in [-0.15, -0.1) is 0 Å². The lowest BCUT2D eigenvalue weighted by Gasteiger charge is -2.20. The van der Waals surface area contributed by atoms with E-state index >= 15 is 0 Å². The van der Waals surface area contributed by atoms with Gasteiger partial charge in [0.1, 0.15) is 5.41 Å². The molecule has 4 heteroatoms. The Hall–Kier alpha value is -2.33. The van der Waals surface area contributed by atoms with Gasteiger partial charge in [-0.2, -0.15) is 10.5 Å². The minimum atomic E-state index is -0.894. The van der Waals surface area contributed by atoms with E-state index in [9.17, 15) is 10.1 Å². The molecular weight excluding hydrogens is 238 g/mol. The van der Waals surface area contributed by atoms with Gasteiger partial charge < -0.3 is 5.32 Å². The second-order valence-corrected chi connectivity index (χ2v) is 5.00. The Kier molecular flexibility index (Phi) is 3.53. The molecule has 0 bridgehead atoms. The molecule has 96 valence electrons. The van der Waals surface area contributed by atoms with Gasteiger partial charge in [0.05, 0.1) is 17.7 Å². The monoisotopic (exact) mass is 253 g/mol. The molecule has 1 fully saturated rings. The normalized spacial score (nSPS) is 16.4. The Labute approximate surface area is 112 Å². The summed E-state index contributed by atoms with van der Waals surface area (Å²) in [7, 11) is 0. The summed E-state index contributed by atoms with van der Waals surface area (Å²) in [6.07, 6.45) is 3.06. The minimum absolute atomic E-state index is 0.245. The number of hydrogen-bond donors (Lipinski definition) is 1. The van der Waals surface area contributed by atoms with E-state index in [0.717, 1.165) is 18.4 Å². The summed E-state index contributed by atoms with van der Waals surface area (Å²) in [5, 5.41) is 21.0. The first-order chi connectivity index (χ1) is 9.11. The predicted octanol–water partition coefficient (Wildman–Crippen LogP) is 2.89. The average Bonchev–Trinajstić information content (AvgIpc) is 2.91. The van der Waals surface area contributed by atoms with Gasteiger partial charge in [0.15, 0.2) is 0 Å². The molecule has 1 aromatic rings. The maximum Gasteiger partial charge on any atom is 0.244 e. The van der Waals surface area contributed by atoms with Crippen molar-refractivity contribution in [3.05, 3.63) is 29.3 Å². The number of aryl methyl sites for hydroxylation is 1. The van der Waals surface area contributed by atoms with E-state index < -0.39 is 5.41 Å². The van der Waals surface area contributed by atoms with E-state index in [4.69, 9.17) is 5.26 Å². The second-order valence-electron chi connectivity index (χ2n) is 5.00. The van der Waals surface area contributed by atoms with Crippen LogP contribution >= 0.6 is 0 Å². The number of nitrogens with zero attached hydrogens (tertiary/aromatic N) is 2. The molecule has 1 aromatic carbocycles. The Balaban J connectivity index is 2.24. The van der Waals surface area contributed by atoms with Crippen LogP contribution in [0.5, 0.6) is 0 Å². The smallest absolute Gasteiger partial charge is 0.244 e. The third-order valence-corrected chi connectivity index (χ3v) is 3.72. The third kappa shape index (κ3) is 2.44. The quantitative estimate of drug-likeness (QED) is 0.880. The van der Waals surface area contributed by atoms with Gasteiger partial charge in [-0.3, -0.25) is 4.79 Å². The predicted molar refractivity (Wildman–Crippen MR) is 71.0 cm³/mol. The molecule has 1 aliphatic carbocycles. The van der Waals surface area contributed by atoms with Crippen LogP contribution in [0.3, 0.4) is 0 Å². The van der Waals surface area contributed by atoms with Crippen molar-refractivity contribution >= 4 is 11.6 Å². The Bertz CT molecular complexity index is 586. The summed E-state index contributed by atoms with van der Waals surface area (Å²) in [6, 6.07) is 9.36. The lowest BCUT2D eigenvalue weighted by molar-refractivity contribution is -0.122. The fourth-order valence-electron chi connectivity index (χ4n) is 2.44. The lowest BCUT2D eigenvalue weighted by Crippen LogP contribution is -2.32. The molecule has 1 N–H and O–H groups in total. The molecule has 1 aliphatic rings. The maximum atomic E-state index is 12.3. The zero-order valence-corrected chi connectivity index (χ0v) is 10.9. The van der Waals surface area contributed by atoms with Crippen molar-refractivity contribution in [2.45, 2.75) is 32.6 Å². The van der Waals surface area contributed by atoms with Gasteiger partial charge in [0.2, 0.25) is 5.91 Å². The average molecular weight is 253 g/mol.